The molecular formula is C7H11N2. The molecule has 0 bridgehead atoms. The molecular weight excluding hydrogens is 112 g/mol. The molecule has 0 aliphatic rings. The van der Waals surface area contributed by atoms with Crippen molar-refractivity contribution in [3.8, 4) is 0 Å². The molecule has 2 nitrogen and oxygen atoms in total. The summed E-state index contributed by atoms with van der Waals surface area (Å²) in [6.45, 7) is 3.17. The third-order valence-corrected chi connectivity index (χ3v) is 1.23. The van der Waals surface area contributed by atoms with Crippen LogP contribution in [0, 0.1) is 6.20 Å². The molecule has 0 amide bonds. The molecule has 9 heavy (non-hydrogen) atoms. The fraction of sp³-hybridized carbons (Fsp3) is 0.571. The van der Waals surface area contributed by atoms with Crippen LogP contribution in [0.15, 0.2) is 12.3 Å². The molecule has 0 fully saturated rings. The Morgan fingerprint density at radius 2 is 2.56 bits per heavy atom. The van der Waals surface area contributed by atoms with E-state index in [0.29, 0.717) is 0 Å². The predicted molar refractivity (Wildman–Crippen MR) is 36.0 cm³/mol. The number of unbranched alkanes of at least 4 members (excludes halogenated alkanes) is 1. The molecule has 2 heteroatoms. The van der Waals surface area contributed by atoms with E-state index in [1.807, 2.05) is 10.7 Å². The zero-order chi connectivity index (χ0) is 6.53. The van der Waals surface area contributed by atoms with Crippen LogP contribution < -0.4 is 0 Å². The lowest BCUT2D eigenvalue weighted by molar-refractivity contribution is 0.568. The van der Waals surface area contributed by atoms with Crippen molar-refractivity contribution in [3.63, 3.8) is 0 Å². The fourth-order valence-electron chi connectivity index (χ4n) is 0.697. The monoisotopic (exact) mass is 123 g/mol. The highest BCUT2D eigenvalue weighted by Crippen LogP contribution is 1.90. The van der Waals surface area contributed by atoms with Crippen molar-refractivity contribution < 1.29 is 0 Å². The Balaban J connectivity index is 2.30. The van der Waals surface area contributed by atoms with Gasteiger partial charge < -0.3 is 0 Å². The highest BCUT2D eigenvalue weighted by atomic mass is 15.3. The SMILES string of the molecule is CCCCn1[c]ccn1. The van der Waals surface area contributed by atoms with E-state index in [9.17, 15) is 0 Å². The summed E-state index contributed by atoms with van der Waals surface area (Å²) < 4.78 is 1.84. The number of rotatable bonds is 3. The van der Waals surface area contributed by atoms with Gasteiger partial charge in [-0.05, 0) is 12.5 Å². The first kappa shape index (κ1) is 6.33. The largest absolute Gasteiger partial charge is 0.263 e. The number of aryl methyl sites for hydroxylation is 1. The van der Waals surface area contributed by atoms with Gasteiger partial charge in [-0.15, -0.1) is 0 Å². The zero-order valence-corrected chi connectivity index (χ0v) is 5.67. The molecule has 0 spiro atoms. The van der Waals surface area contributed by atoms with Gasteiger partial charge >= 0.3 is 0 Å². The molecule has 0 N–H and O–H groups in total. The first-order valence-corrected chi connectivity index (χ1v) is 3.33. The van der Waals surface area contributed by atoms with Crippen LogP contribution in [-0.2, 0) is 6.54 Å². The standard InChI is InChI=1S/C7H11N2/c1-2-3-6-9-7-4-5-8-9/h4-5H,2-3,6H2,1H3. The summed E-state index contributed by atoms with van der Waals surface area (Å²) in [5.74, 6) is 0. The molecule has 0 unspecified atom stereocenters. The van der Waals surface area contributed by atoms with Gasteiger partial charge in [0.2, 0.25) is 0 Å². The van der Waals surface area contributed by atoms with Gasteiger partial charge in [-0.2, -0.15) is 5.10 Å². The molecule has 1 heterocycles. The van der Waals surface area contributed by atoms with Crippen LogP contribution in [0.1, 0.15) is 19.8 Å². The molecule has 0 aromatic carbocycles. The number of aromatic nitrogens is 2. The van der Waals surface area contributed by atoms with Gasteiger partial charge in [0.15, 0.2) is 0 Å². The van der Waals surface area contributed by atoms with Crippen molar-refractivity contribution in [2.75, 3.05) is 0 Å². The molecule has 1 aromatic heterocycles. The summed E-state index contributed by atoms with van der Waals surface area (Å²) >= 11 is 0. The highest BCUT2D eigenvalue weighted by molar-refractivity contribution is 4.74. The van der Waals surface area contributed by atoms with Crippen molar-refractivity contribution >= 4 is 0 Å². The average Bonchev–Trinajstić information content (AvgIpc) is 2.34. The van der Waals surface area contributed by atoms with Gasteiger partial charge in [0.1, 0.15) is 0 Å². The minimum Gasteiger partial charge on any atom is -0.263 e. The lowest BCUT2D eigenvalue weighted by atomic mass is 10.3. The Hall–Kier alpha value is -0.790. The van der Waals surface area contributed by atoms with Gasteiger partial charge in [-0.25, -0.2) is 0 Å². The van der Waals surface area contributed by atoms with Crippen LogP contribution in [0.3, 0.4) is 0 Å². The average molecular weight is 123 g/mol. The summed E-state index contributed by atoms with van der Waals surface area (Å²) in [5.41, 5.74) is 0. The Kier molecular flexibility index (Phi) is 2.31. The van der Waals surface area contributed by atoms with Crippen LogP contribution in [0.4, 0.5) is 0 Å². The molecule has 0 aliphatic carbocycles. The Morgan fingerprint density at radius 1 is 1.67 bits per heavy atom. The van der Waals surface area contributed by atoms with Crippen LogP contribution in [0.5, 0.6) is 0 Å². The van der Waals surface area contributed by atoms with E-state index < -0.39 is 0 Å². The zero-order valence-electron chi connectivity index (χ0n) is 5.67. The first-order chi connectivity index (χ1) is 4.43. The maximum atomic E-state index is 4.01. The Labute approximate surface area is 55.5 Å². The predicted octanol–water partition coefficient (Wildman–Crippen LogP) is 1.48. The Morgan fingerprint density at radius 3 is 3.11 bits per heavy atom. The van der Waals surface area contributed by atoms with Crippen molar-refractivity contribution in [2.45, 2.75) is 26.3 Å². The summed E-state index contributed by atoms with van der Waals surface area (Å²) in [6.07, 6.45) is 7.15. The fourth-order valence-corrected chi connectivity index (χ4v) is 0.697. The van der Waals surface area contributed by atoms with Crippen LogP contribution in [0.25, 0.3) is 0 Å². The van der Waals surface area contributed by atoms with Crippen molar-refractivity contribution in [1.29, 1.82) is 0 Å². The summed E-state index contributed by atoms with van der Waals surface area (Å²) in [6, 6.07) is 1.83. The van der Waals surface area contributed by atoms with E-state index in [0.717, 1.165) is 6.54 Å². The van der Waals surface area contributed by atoms with Gasteiger partial charge in [-0.1, -0.05) is 13.3 Å². The van der Waals surface area contributed by atoms with Crippen molar-refractivity contribution in [3.05, 3.63) is 18.5 Å². The maximum absolute atomic E-state index is 4.01. The third-order valence-electron chi connectivity index (χ3n) is 1.23. The lowest BCUT2D eigenvalue weighted by Crippen LogP contribution is -1.96. The van der Waals surface area contributed by atoms with E-state index in [-0.39, 0.29) is 0 Å². The number of nitrogens with zero attached hydrogens (tertiary/aromatic N) is 2. The van der Waals surface area contributed by atoms with Gasteiger partial charge in [-0.3, -0.25) is 4.68 Å². The summed E-state index contributed by atoms with van der Waals surface area (Å²) in [4.78, 5) is 0. The molecule has 1 aromatic rings. The van der Waals surface area contributed by atoms with E-state index in [4.69, 9.17) is 0 Å². The van der Waals surface area contributed by atoms with E-state index in [2.05, 4.69) is 18.2 Å². The normalized spacial score (nSPS) is 9.89. The van der Waals surface area contributed by atoms with Gasteiger partial charge in [0.25, 0.3) is 0 Å². The van der Waals surface area contributed by atoms with Crippen molar-refractivity contribution in [1.82, 2.24) is 9.78 Å². The highest BCUT2D eigenvalue weighted by Gasteiger charge is 1.86. The molecule has 49 valence electrons. The van der Waals surface area contributed by atoms with E-state index in [1.165, 1.54) is 12.8 Å². The topological polar surface area (TPSA) is 17.8 Å². The van der Waals surface area contributed by atoms with E-state index >= 15 is 0 Å². The van der Waals surface area contributed by atoms with Crippen LogP contribution >= 0.6 is 0 Å². The molecule has 0 atom stereocenters. The Bertz CT molecular complexity index is 144. The maximum Gasteiger partial charge on any atom is 0.0863 e. The molecule has 0 saturated heterocycles. The van der Waals surface area contributed by atoms with Crippen molar-refractivity contribution in [2.24, 2.45) is 0 Å². The second-order valence-corrected chi connectivity index (χ2v) is 2.04. The van der Waals surface area contributed by atoms with Crippen LogP contribution in [0.2, 0.25) is 0 Å². The van der Waals surface area contributed by atoms with E-state index in [1.54, 1.807) is 6.20 Å². The summed E-state index contributed by atoms with van der Waals surface area (Å²) in [7, 11) is 0. The second-order valence-electron chi connectivity index (χ2n) is 2.04. The summed E-state index contributed by atoms with van der Waals surface area (Å²) in [5, 5.41) is 4.01. The van der Waals surface area contributed by atoms with Crippen LogP contribution in [-0.4, -0.2) is 9.78 Å². The molecule has 1 rings (SSSR count). The lowest BCUT2D eigenvalue weighted by Gasteiger charge is -1.95. The third kappa shape index (κ3) is 1.88. The quantitative estimate of drug-likeness (QED) is 0.595. The second kappa shape index (κ2) is 3.28. The molecule has 0 aliphatic heterocycles. The minimum absolute atomic E-state index is 1.00. The van der Waals surface area contributed by atoms with Gasteiger partial charge in [0.05, 0.1) is 6.20 Å². The van der Waals surface area contributed by atoms with Gasteiger partial charge in [0, 0.05) is 12.7 Å². The molecule has 0 saturated carbocycles. The smallest absolute Gasteiger partial charge is 0.0863 e. The minimum atomic E-state index is 1.00. The number of hydrogen-bond donors (Lipinski definition) is 0. The molecule has 1 radical (unpaired) electrons. The first-order valence-electron chi connectivity index (χ1n) is 3.33. The number of hydrogen-bond acceptors (Lipinski definition) is 1.